The number of nitrogens with zero attached hydrogens (tertiary/aromatic N) is 1. The predicted octanol–water partition coefficient (Wildman–Crippen LogP) is 2.63. The van der Waals surface area contributed by atoms with E-state index in [9.17, 15) is 18.8 Å². The highest BCUT2D eigenvalue weighted by molar-refractivity contribution is 6.35. The summed E-state index contributed by atoms with van der Waals surface area (Å²) in [6.45, 7) is 1.45. The maximum absolute atomic E-state index is 13.8. The summed E-state index contributed by atoms with van der Waals surface area (Å²) in [5, 5.41) is 5.58. The predicted molar refractivity (Wildman–Crippen MR) is 108 cm³/mol. The number of likely N-dealkylation sites (tertiary alicyclic amines) is 1. The highest BCUT2D eigenvalue weighted by atomic mass is 19.1. The summed E-state index contributed by atoms with van der Waals surface area (Å²) in [5.74, 6) is -1.74. The van der Waals surface area contributed by atoms with E-state index in [1.807, 2.05) is 0 Å². The van der Waals surface area contributed by atoms with Gasteiger partial charge < -0.3 is 15.5 Å². The van der Waals surface area contributed by atoms with Gasteiger partial charge in [-0.25, -0.2) is 4.39 Å². The smallest absolute Gasteiger partial charge is 0.309 e. The van der Waals surface area contributed by atoms with E-state index in [-0.39, 0.29) is 23.4 Å². The highest BCUT2D eigenvalue weighted by Gasteiger charge is 2.26. The van der Waals surface area contributed by atoms with Crippen molar-refractivity contribution in [2.75, 3.05) is 19.6 Å². The second-order valence-corrected chi connectivity index (χ2v) is 8.09. The molecule has 1 aliphatic heterocycles. The number of nitrogens with one attached hydrogen (secondary N) is 2. The standard InChI is InChI=1S/C22H30FN3O3/c23-19-10-6-5-9-18(19)22(29)26-13-11-16(12-14-26)15-24-20(27)21(28)25-17-7-3-1-2-4-8-17/h5-6,9-10,16-17H,1-4,7-8,11-15H2,(H,24,27)(H,25,28). The number of piperidine rings is 1. The molecule has 1 aromatic carbocycles. The van der Waals surface area contributed by atoms with Gasteiger partial charge in [-0.3, -0.25) is 14.4 Å². The molecule has 7 heteroatoms. The lowest BCUT2D eigenvalue weighted by Gasteiger charge is -2.32. The first-order valence-electron chi connectivity index (χ1n) is 10.7. The SMILES string of the molecule is O=C(NCC1CCN(C(=O)c2ccccc2F)CC1)C(=O)NC1CCCCCC1. The molecule has 2 fully saturated rings. The van der Waals surface area contributed by atoms with Crippen LogP contribution in [0.2, 0.25) is 0 Å². The van der Waals surface area contributed by atoms with Crippen molar-refractivity contribution in [2.24, 2.45) is 5.92 Å². The second-order valence-electron chi connectivity index (χ2n) is 8.09. The molecule has 3 rings (SSSR count). The maximum atomic E-state index is 13.8. The van der Waals surface area contributed by atoms with Crippen molar-refractivity contribution in [3.63, 3.8) is 0 Å². The number of amides is 3. The minimum Gasteiger partial charge on any atom is -0.348 e. The fourth-order valence-corrected chi connectivity index (χ4v) is 4.14. The lowest BCUT2D eigenvalue weighted by Crippen LogP contribution is -2.47. The number of carbonyl (C=O) groups excluding carboxylic acids is 3. The van der Waals surface area contributed by atoms with Gasteiger partial charge in [0.15, 0.2) is 0 Å². The van der Waals surface area contributed by atoms with E-state index < -0.39 is 17.6 Å². The Morgan fingerprint density at radius 3 is 2.24 bits per heavy atom. The number of hydrogen-bond donors (Lipinski definition) is 2. The number of carbonyl (C=O) groups is 3. The number of hydrogen-bond acceptors (Lipinski definition) is 3. The molecule has 0 bridgehead atoms. The van der Waals surface area contributed by atoms with Crippen molar-refractivity contribution in [1.29, 1.82) is 0 Å². The molecule has 1 aliphatic carbocycles. The first-order valence-corrected chi connectivity index (χ1v) is 10.7. The van der Waals surface area contributed by atoms with Crippen LogP contribution in [0.1, 0.15) is 61.7 Å². The zero-order valence-electron chi connectivity index (χ0n) is 16.8. The number of rotatable bonds is 4. The first kappa shape index (κ1) is 21.3. The van der Waals surface area contributed by atoms with Crippen molar-refractivity contribution in [2.45, 2.75) is 57.4 Å². The van der Waals surface area contributed by atoms with E-state index in [1.54, 1.807) is 17.0 Å². The quantitative estimate of drug-likeness (QED) is 0.599. The monoisotopic (exact) mass is 403 g/mol. The van der Waals surface area contributed by atoms with Crippen molar-refractivity contribution >= 4 is 17.7 Å². The molecule has 2 N–H and O–H groups in total. The van der Waals surface area contributed by atoms with E-state index in [1.165, 1.54) is 25.0 Å². The van der Waals surface area contributed by atoms with Gasteiger partial charge in [0.05, 0.1) is 5.56 Å². The van der Waals surface area contributed by atoms with Crippen LogP contribution in [0.15, 0.2) is 24.3 Å². The summed E-state index contributed by atoms with van der Waals surface area (Å²) >= 11 is 0. The van der Waals surface area contributed by atoms with Crippen molar-refractivity contribution in [3.8, 4) is 0 Å². The number of benzene rings is 1. The molecule has 1 saturated carbocycles. The zero-order valence-corrected chi connectivity index (χ0v) is 16.8. The Bertz CT molecular complexity index is 724. The van der Waals surface area contributed by atoms with Crippen LogP contribution in [-0.4, -0.2) is 48.3 Å². The van der Waals surface area contributed by atoms with Crippen LogP contribution in [0.25, 0.3) is 0 Å². The molecule has 1 heterocycles. The second kappa shape index (κ2) is 10.4. The lowest BCUT2D eigenvalue weighted by molar-refractivity contribution is -0.139. The third-order valence-electron chi connectivity index (χ3n) is 5.95. The van der Waals surface area contributed by atoms with Gasteiger partial charge in [0.1, 0.15) is 5.82 Å². The van der Waals surface area contributed by atoms with Gasteiger partial charge in [0.2, 0.25) is 0 Å². The average Bonchev–Trinajstić information content (AvgIpc) is 3.01. The van der Waals surface area contributed by atoms with Gasteiger partial charge in [0, 0.05) is 25.7 Å². The third kappa shape index (κ3) is 6.02. The minimum absolute atomic E-state index is 0.0921. The molecule has 0 spiro atoms. The van der Waals surface area contributed by atoms with Crippen molar-refractivity contribution in [1.82, 2.24) is 15.5 Å². The summed E-state index contributed by atoms with van der Waals surface area (Å²) in [7, 11) is 0. The molecule has 1 saturated heterocycles. The third-order valence-corrected chi connectivity index (χ3v) is 5.95. The van der Waals surface area contributed by atoms with E-state index in [0.717, 1.165) is 25.7 Å². The largest absolute Gasteiger partial charge is 0.348 e. The van der Waals surface area contributed by atoms with Gasteiger partial charge in [-0.05, 0) is 43.7 Å². The number of halogens is 1. The molecule has 1 aromatic rings. The van der Waals surface area contributed by atoms with E-state index in [4.69, 9.17) is 0 Å². The van der Waals surface area contributed by atoms with Gasteiger partial charge in [-0.1, -0.05) is 37.8 Å². The van der Waals surface area contributed by atoms with Gasteiger partial charge >= 0.3 is 11.8 Å². The van der Waals surface area contributed by atoms with Crippen LogP contribution in [-0.2, 0) is 9.59 Å². The van der Waals surface area contributed by atoms with E-state index in [2.05, 4.69) is 10.6 Å². The molecular formula is C22H30FN3O3. The Balaban J connectivity index is 1.39. The topological polar surface area (TPSA) is 78.5 Å². The van der Waals surface area contributed by atoms with Crippen LogP contribution in [0.5, 0.6) is 0 Å². The van der Waals surface area contributed by atoms with Gasteiger partial charge in [-0.15, -0.1) is 0 Å². The first-order chi connectivity index (χ1) is 14.0. The lowest BCUT2D eigenvalue weighted by atomic mass is 9.96. The zero-order chi connectivity index (χ0) is 20.6. The summed E-state index contributed by atoms with van der Waals surface area (Å²) in [6, 6.07) is 6.10. The van der Waals surface area contributed by atoms with Crippen LogP contribution >= 0.6 is 0 Å². The molecule has 0 unspecified atom stereocenters. The van der Waals surface area contributed by atoms with Crippen LogP contribution < -0.4 is 10.6 Å². The Morgan fingerprint density at radius 2 is 1.59 bits per heavy atom. The van der Waals surface area contributed by atoms with Crippen molar-refractivity contribution in [3.05, 3.63) is 35.6 Å². The Morgan fingerprint density at radius 1 is 0.931 bits per heavy atom. The fourth-order valence-electron chi connectivity index (χ4n) is 4.14. The molecule has 0 radical (unpaired) electrons. The van der Waals surface area contributed by atoms with Crippen LogP contribution in [0, 0.1) is 11.7 Å². The fraction of sp³-hybridized carbons (Fsp3) is 0.591. The summed E-state index contributed by atoms with van der Waals surface area (Å²) in [6.07, 6.45) is 7.87. The van der Waals surface area contributed by atoms with Gasteiger partial charge in [0.25, 0.3) is 5.91 Å². The molecule has 0 aromatic heterocycles. The molecule has 6 nitrogen and oxygen atoms in total. The molecule has 29 heavy (non-hydrogen) atoms. The Kier molecular flexibility index (Phi) is 7.61. The molecule has 2 aliphatic rings. The summed E-state index contributed by atoms with van der Waals surface area (Å²) in [4.78, 5) is 38.3. The maximum Gasteiger partial charge on any atom is 0.309 e. The average molecular weight is 403 g/mol. The summed E-state index contributed by atoms with van der Waals surface area (Å²) in [5.41, 5.74) is 0.0921. The van der Waals surface area contributed by atoms with Crippen LogP contribution in [0.3, 0.4) is 0 Å². The highest BCUT2D eigenvalue weighted by Crippen LogP contribution is 2.20. The van der Waals surface area contributed by atoms with Gasteiger partial charge in [-0.2, -0.15) is 0 Å². The Hall–Kier alpha value is -2.44. The minimum atomic E-state index is -0.584. The van der Waals surface area contributed by atoms with E-state index in [0.29, 0.717) is 32.5 Å². The summed E-state index contributed by atoms with van der Waals surface area (Å²) < 4.78 is 13.8. The Labute approximate surface area is 171 Å². The van der Waals surface area contributed by atoms with Crippen molar-refractivity contribution < 1.29 is 18.8 Å². The molecular weight excluding hydrogens is 373 g/mol. The van der Waals surface area contributed by atoms with E-state index >= 15 is 0 Å². The normalized spacial score (nSPS) is 18.7. The molecule has 0 atom stereocenters. The molecule has 158 valence electrons. The molecule has 3 amide bonds. The van der Waals surface area contributed by atoms with Crippen LogP contribution in [0.4, 0.5) is 4.39 Å².